The summed E-state index contributed by atoms with van der Waals surface area (Å²) in [5.74, 6) is -0.183. The van der Waals surface area contributed by atoms with E-state index in [2.05, 4.69) is 24.0 Å². The van der Waals surface area contributed by atoms with Crippen molar-refractivity contribution in [2.45, 2.75) is 26.3 Å². The molecule has 0 N–H and O–H groups in total. The van der Waals surface area contributed by atoms with Gasteiger partial charge in [0.15, 0.2) is 5.13 Å². The second-order valence-electron chi connectivity index (χ2n) is 6.89. The van der Waals surface area contributed by atoms with Crippen LogP contribution in [0.2, 0.25) is 10.0 Å². The van der Waals surface area contributed by atoms with Crippen molar-refractivity contribution in [2.24, 2.45) is 0 Å². The second-order valence-corrected chi connectivity index (χ2v) is 8.74. The highest BCUT2D eigenvalue weighted by atomic mass is 35.5. The molecule has 2 aromatic heterocycles. The van der Waals surface area contributed by atoms with Crippen LogP contribution in [0.15, 0.2) is 55.1 Å². The fourth-order valence-electron chi connectivity index (χ4n) is 3.22. The summed E-state index contributed by atoms with van der Waals surface area (Å²) in [6.07, 6.45) is 7.13. The summed E-state index contributed by atoms with van der Waals surface area (Å²) >= 11 is 13.9. The fourth-order valence-corrected chi connectivity index (χ4v) is 4.76. The number of nitrogens with zero attached hydrogens (tertiary/aromatic N) is 4. The number of rotatable bonds is 7. The van der Waals surface area contributed by atoms with E-state index in [0.29, 0.717) is 27.3 Å². The fraction of sp³-hybridized carbons (Fsp3) is 0.227. The number of thiazole rings is 1. The first-order valence-corrected chi connectivity index (χ1v) is 11.2. The first-order chi connectivity index (χ1) is 14.5. The van der Waals surface area contributed by atoms with Gasteiger partial charge in [-0.25, -0.2) is 9.97 Å². The van der Waals surface area contributed by atoms with Crippen molar-refractivity contribution in [3.8, 4) is 0 Å². The van der Waals surface area contributed by atoms with Gasteiger partial charge in [0.1, 0.15) is 0 Å². The number of anilines is 1. The van der Waals surface area contributed by atoms with E-state index >= 15 is 0 Å². The number of aromatic nitrogens is 3. The molecule has 1 amide bonds. The van der Waals surface area contributed by atoms with E-state index < -0.39 is 0 Å². The standard InChI is InChI=1S/C22H20Cl2N4OS.ClH/c1-2-15-4-7-19-20(12-15)30-22(26-19)28(10-3-9-27-11-8-25-14-27)21(29)17-6-5-16(23)13-18(17)24;/h4-8,11-14H,2-3,9-10H2,1H3;1H. The maximum Gasteiger partial charge on any atom is 0.261 e. The molecule has 5 nitrogen and oxygen atoms in total. The Morgan fingerprint density at radius 3 is 2.74 bits per heavy atom. The molecule has 2 heterocycles. The number of carbonyl (C=O) groups is 1. The van der Waals surface area contributed by atoms with Crippen molar-refractivity contribution in [3.63, 3.8) is 0 Å². The summed E-state index contributed by atoms with van der Waals surface area (Å²) in [7, 11) is 0. The number of imidazole rings is 1. The Kier molecular flexibility index (Phi) is 7.94. The summed E-state index contributed by atoms with van der Waals surface area (Å²) in [6, 6.07) is 11.2. The largest absolute Gasteiger partial charge is 0.337 e. The molecule has 0 aliphatic rings. The van der Waals surface area contributed by atoms with Crippen molar-refractivity contribution < 1.29 is 4.79 Å². The SMILES string of the molecule is CCc1ccc2nc(N(CCCn3ccnc3)C(=O)c3ccc(Cl)cc3Cl)sc2c1.Cl. The van der Waals surface area contributed by atoms with E-state index in [1.54, 1.807) is 35.6 Å². The van der Waals surface area contributed by atoms with E-state index in [9.17, 15) is 4.79 Å². The van der Waals surface area contributed by atoms with Crippen molar-refractivity contribution in [3.05, 3.63) is 76.3 Å². The molecule has 0 saturated carbocycles. The van der Waals surface area contributed by atoms with Crippen LogP contribution >= 0.6 is 46.9 Å². The summed E-state index contributed by atoms with van der Waals surface area (Å²) in [6.45, 7) is 3.39. The zero-order valence-corrected chi connectivity index (χ0v) is 19.9. The first kappa shape index (κ1) is 23.5. The minimum atomic E-state index is -0.183. The Labute approximate surface area is 201 Å². The molecule has 0 unspecified atom stereocenters. The summed E-state index contributed by atoms with van der Waals surface area (Å²) in [5.41, 5.74) is 2.55. The molecule has 4 rings (SSSR count). The van der Waals surface area contributed by atoms with Gasteiger partial charge in [-0.15, -0.1) is 12.4 Å². The molecular weight excluding hydrogens is 475 g/mol. The van der Waals surface area contributed by atoms with E-state index in [4.69, 9.17) is 28.2 Å². The van der Waals surface area contributed by atoms with Crippen LogP contribution in [0, 0.1) is 0 Å². The Balaban J connectivity index is 0.00000272. The number of fused-ring (bicyclic) bond motifs is 1. The summed E-state index contributed by atoms with van der Waals surface area (Å²) < 4.78 is 3.06. The van der Waals surface area contributed by atoms with Crippen LogP contribution in [-0.2, 0) is 13.0 Å². The highest BCUT2D eigenvalue weighted by Crippen LogP contribution is 2.32. The Hall–Kier alpha value is -2.12. The smallest absolute Gasteiger partial charge is 0.261 e. The van der Waals surface area contributed by atoms with Gasteiger partial charge in [-0.05, 0) is 48.7 Å². The number of hydrogen-bond donors (Lipinski definition) is 0. The van der Waals surface area contributed by atoms with Crippen molar-refractivity contribution >= 4 is 68.2 Å². The van der Waals surface area contributed by atoms with Gasteiger partial charge >= 0.3 is 0 Å². The second kappa shape index (κ2) is 10.5. The minimum absolute atomic E-state index is 0. The van der Waals surface area contributed by atoms with Gasteiger partial charge in [0.05, 0.1) is 27.1 Å². The number of amides is 1. The maximum atomic E-state index is 13.4. The third-order valence-electron chi connectivity index (χ3n) is 4.84. The first-order valence-electron chi connectivity index (χ1n) is 9.67. The molecule has 0 spiro atoms. The molecule has 0 bridgehead atoms. The Morgan fingerprint density at radius 2 is 2.03 bits per heavy atom. The minimum Gasteiger partial charge on any atom is -0.337 e. The lowest BCUT2D eigenvalue weighted by Crippen LogP contribution is -2.32. The van der Waals surface area contributed by atoms with Gasteiger partial charge in [0.25, 0.3) is 5.91 Å². The predicted molar refractivity (Wildman–Crippen MR) is 131 cm³/mol. The molecule has 162 valence electrons. The molecule has 0 aliphatic carbocycles. The van der Waals surface area contributed by atoms with Crippen LogP contribution in [0.25, 0.3) is 10.2 Å². The average molecular weight is 496 g/mol. The molecular formula is C22H21Cl3N4OS. The molecule has 0 atom stereocenters. The molecule has 4 aromatic rings. The van der Waals surface area contributed by atoms with Crippen LogP contribution in [-0.4, -0.2) is 27.0 Å². The average Bonchev–Trinajstić information content (AvgIpc) is 3.39. The van der Waals surface area contributed by atoms with Gasteiger partial charge in [-0.1, -0.05) is 47.5 Å². The van der Waals surface area contributed by atoms with Gasteiger partial charge in [0, 0.05) is 30.5 Å². The van der Waals surface area contributed by atoms with Crippen LogP contribution in [0.3, 0.4) is 0 Å². The molecule has 31 heavy (non-hydrogen) atoms. The summed E-state index contributed by atoms with van der Waals surface area (Å²) in [5, 5.41) is 1.50. The van der Waals surface area contributed by atoms with Crippen molar-refractivity contribution in [2.75, 3.05) is 11.4 Å². The number of aryl methyl sites for hydroxylation is 2. The lowest BCUT2D eigenvalue weighted by atomic mass is 10.2. The Morgan fingerprint density at radius 1 is 1.19 bits per heavy atom. The van der Waals surface area contributed by atoms with E-state index in [-0.39, 0.29) is 18.3 Å². The van der Waals surface area contributed by atoms with Crippen molar-refractivity contribution in [1.82, 2.24) is 14.5 Å². The zero-order valence-electron chi connectivity index (χ0n) is 16.8. The monoisotopic (exact) mass is 494 g/mol. The maximum absolute atomic E-state index is 13.4. The molecule has 0 fully saturated rings. The number of carbonyl (C=O) groups excluding carboxylic acids is 1. The highest BCUT2D eigenvalue weighted by Gasteiger charge is 2.23. The lowest BCUT2D eigenvalue weighted by molar-refractivity contribution is 0.0986. The molecule has 0 aliphatic heterocycles. The quantitative estimate of drug-likeness (QED) is 0.293. The molecule has 0 radical (unpaired) electrons. The molecule has 0 saturated heterocycles. The van der Waals surface area contributed by atoms with E-state index in [1.807, 2.05) is 16.8 Å². The van der Waals surface area contributed by atoms with Crippen LogP contribution in [0.5, 0.6) is 0 Å². The normalized spacial score (nSPS) is 10.8. The van der Waals surface area contributed by atoms with Gasteiger partial charge < -0.3 is 4.57 Å². The lowest BCUT2D eigenvalue weighted by Gasteiger charge is -2.20. The van der Waals surface area contributed by atoms with Gasteiger partial charge in [0.2, 0.25) is 0 Å². The number of hydrogen-bond acceptors (Lipinski definition) is 4. The van der Waals surface area contributed by atoms with Crippen LogP contribution in [0.4, 0.5) is 5.13 Å². The van der Waals surface area contributed by atoms with E-state index in [0.717, 1.165) is 29.6 Å². The van der Waals surface area contributed by atoms with Crippen LogP contribution < -0.4 is 4.90 Å². The topological polar surface area (TPSA) is 51.0 Å². The van der Waals surface area contributed by atoms with Crippen LogP contribution in [0.1, 0.15) is 29.3 Å². The number of benzene rings is 2. The Bertz CT molecular complexity index is 1180. The number of halogens is 3. The molecule has 2 aromatic carbocycles. The third-order valence-corrected chi connectivity index (χ3v) is 6.43. The van der Waals surface area contributed by atoms with E-state index in [1.165, 1.54) is 16.9 Å². The zero-order chi connectivity index (χ0) is 21.1. The molecule has 9 heteroatoms. The highest BCUT2D eigenvalue weighted by molar-refractivity contribution is 7.22. The predicted octanol–water partition coefficient (Wildman–Crippen LogP) is 6.52. The summed E-state index contributed by atoms with van der Waals surface area (Å²) in [4.78, 5) is 23.9. The van der Waals surface area contributed by atoms with Gasteiger partial charge in [-0.3, -0.25) is 9.69 Å². The van der Waals surface area contributed by atoms with Gasteiger partial charge in [-0.2, -0.15) is 0 Å². The third kappa shape index (κ3) is 5.39. The van der Waals surface area contributed by atoms with Crippen molar-refractivity contribution in [1.29, 1.82) is 0 Å².